The lowest BCUT2D eigenvalue weighted by Gasteiger charge is -2.26. The predicted octanol–water partition coefficient (Wildman–Crippen LogP) is 4.97. The van der Waals surface area contributed by atoms with Crippen molar-refractivity contribution in [3.8, 4) is 28.4 Å². The zero-order chi connectivity index (χ0) is 21.7. The lowest BCUT2D eigenvalue weighted by atomic mass is 9.85. The van der Waals surface area contributed by atoms with Crippen LogP contribution in [0.3, 0.4) is 0 Å². The average Bonchev–Trinajstić information content (AvgIpc) is 2.74. The van der Waals surface area contributed by atoms with Gasteiger partial charge in [-0.2, -0.15) is 0 Å². The van der Waals surface area contributed by atoms with Crippen LogP contribution in [0, 0.1) is 0 Å². The molecule has 3 aromatic carbocycles. The van der Waals surface area contributed by atoms with Crippen LogP contribution in [0.1, 0.15) is 23.5 Å². The maximum atomic E-state index is 13.3. The fourth-order valence-electron chi connectivity index (χ4n) is 3.99. The highest BCUT2D eigenvalue weighted by molar-refractivity contribution is 6.30. The van der Waals surface area contributed by atoms with E-state index in [9.17, 15) is 19.8 Å². The number of esters is 1. The Morgan fingerprint density at radius 2 is 1.77 bits per heavy atom. The van der Waals surface area contributed by atoms with E-state index in [0.717, 1.165) is 0 Å². The van der Waals surface area contributed by atoms with Crippen LogP contribution in [0.2, 0.25) is 5.02 Å². The summed E-state index contributed by atoms with van der Waals surface area (Å²) in [6, 6.07) is 14.5. The number of fused-ring (bicyclic) bond motifs is 3. The standard InChI is InChI=1S/C24H15ClO6/c25-14-6-4-12(5-7-14)17-11-30-24-21-16(13-2-1-3-15(26)8-13)9-20(28)31-19(21)10-18(27)22(24)23(17)29/h1-8,10-11,16,26-27H,9H2/t16-/m1/s1. The molecule has 1 aliphatic heterocycles. The molecule has 7 heteroatoms. The minimum Gasteiger partial charge on any atom is -0.508 e. The molecule has 4 aromatic rings. The van der Waals surface area contributed by atoms with E-state index in [4.69, 9.17) is 20.8 Å². The summed E-state index contributed by atoms with van der Waals surface area (Å²) in [5.41, 5.74) is 1.70. The molecule has 0 unspecified atom stereocenters. The first-order valence-electron chi connectivity index (χ1n) is 9.49. The molecule has 2 heterocycles. The van der Waals surface area contributed by atoms with Crippen LogP contribution in [-0.4, -0.2) is 16.2 Å². The molecule has 31 heavy (non-hydrogen) atoms. The zero-order valence-corrected chi connectivity index (χ0v) is 16.7. The molecule has 1 aromatic heterocycles. The number of carbonyl (C=O) groups excluding carboxylic acids is 1. The van der Waals surface area contributed by atoms with Gasteiger partial charge in [0.25, 0.3) is 0 Å². The van der Waals surface area contributed by atoms with Gasteiger partial charge in [-0.1, -0.05) is 35.9 Å². The van der Waals surface area contributed by atoms with E-state index in [0.29, 0.717) is 21.7 Å². The quantitative estimate of drug-likeness (QED) is 0.341. The first kappa shape index (κ1) is 19.2. The summed E-state index contributed by atoms with van der Waals surface area (Å²) >= 11 is 5.93. The van der Waals surface area contributed by atoms with Gasteiger partial charge in [-0.3, -0.25) is 9.59 Å². The molecule has 5 rings (SSSR count). The Labute approximate surface area is 180 Å². The smallest absolute Gasteiger partial charge is 0.312 e. The van der Waals surface area contributed by atoms with Gasteiger partial charge in [0.1, 0.15) is 34.5 Å². The lowest BCUT2D eigenvalue weighted by Crippen LogP contribution is -2.22. The van der Waals surface area contributed by atoms with E-state index in [1.807, 2.05) is 0 Å². The molecule has 1 aliphatic rings. The van der Waals surface area contributed by atoms with Crippen molar-refractivity contribution in [2.24, 2.45) is 0 Å². The largest absolute Gasteiger partial charge is 0.508 e. The fourth-order valence-corrected chi connectivity index (χ4v) is 4.11. The Kier molecular flexibility index (Phi) is 4.45. The highest BCUT2D eigenvalue weighted by atomic mass is 35.5. The Morgan fingerprint density at radius 3 is 2.52 bits per heavy atom. The van der Waals surface area contributed by atoms with Crippen LogP contribution in [0.4, 0.5) is 0 Å². The maximum absolute atomic E-state index is 13.3. The topological polar surface area (TPSA) is 97.0 Å². The van der Waals surface area contributed by atoms with Crippen molar-refractivity contribution in [1.29, 1.82) is 0 Å². The number of hydrogen-bond donors (Lipinski definition) is 2. The molecule has 0 saturated heterocycles. The molecule has 0 aliphatic carbocycles. The van der Waals surface area contributed by atoms with Gasteiger partial charge in [-0.15, -0.1) is 0 Å². The van der Waals surface area contributed by atoms with Crippen LogP contribution < -0.4 is 10.2 Å². The third kappa shape index (κ3) is 3.21. The fraction of sp³-hybridized carbons (Fsp3) is 0.0833. The zero-order valence-electron chi connectivity index (χ0n) is 16.0. The van der Waals surface area contributed by atoms with E-state index in [1.54, 1.807) is 42.5 Å². The lowest BCUT2D eigenvalue weighted by molar-refractivity contribution is -0.135. The second kappa shape index (κ2) is 7.18. The first-order chi connectivity index (χ1) is 14.9. The number of benzene rings is 3. The van der Waals surface area contributed by atoms with Crippen LogP contribution in [0.5, 0.6) is 17.2 Å². The predicted molar refractivity (Wildman–Crippen MR) is 115 cm³/mol. The Morgan fingerprint density at radius 1 is 1.00 bits per heavy atom. The molecule has 6 nitrogen and oxygen atoms in total. The minimum absolute atomic E-state index is 0.00102. The maximum Gasteiger partial charge on any atom is 0.312 e. The molecule has 0 fully saturated rings. The van der Waals surface area contributed by atoms with Crippen LogP contribution >= 0.6 is 11.6 Å². The summed E-state index contributed by atoms with van der Waals surface area (Å²) < 4.78 is 11.2. The summed E-state index contributed by atoms with van der Waals surface area (Å²) in [5.74, 6) is -1.18. The SMILES string of the molecule is O=C1C[C@H](c2cccc(O)c2)c2c(cc(O)c3c(=O)c(-c4ccc(Cl)cc4)coc23)O1. The normalized spacial score (nSPS) is 15.5. The van der Waals surface area contributed by atoms with Crippen molar-refractivity contribution in [2.75, 3.05) is 0 Å². The second-order valence-corrected chi connectivity index (χ2v) is 7.76. The first-order valence-corrected chi connectivity index (χ1v) is 9.87. The molecule has 0 bridgehead atoms. The second-order valence-electron chi connectivity index (χ2n) is 7.32. The third-order valence-electron chi connectivity index (χ3n) is 5.40. The highest BCUT2D eigenvalue weighted by Crippen LogP contribution is 2.46. The number of halogens is 1. The number of rotatable bonds is 2. The molecule has 0 radical (unpaired) electrons. The molecule has 0 saturated carbocycles. The Bertz CT molecular complexity index is 1400. The van der Waals surface area contributed by atoms with Gasteiger partial charge in [-0.25, -0.2) is 0 Å². The summed E-state index contributed by atoms with van der Waals surface area (Å²) in [6.07, 6.45) is 1.32. The number of phenols is 2. The van der Waals surface area contributed by atoms with E-state index in [1.165, 1.54) is 18.4 Å². The van der Waals surface area contributed by atoms with Gasteiger partial charge >= 0.3 is 5.97 Å². The Balaban J connectivity index is 1.78. The van der Waals surface area contributed by atoms with E-state index >= 15 is 0 Å². The van der Waals surface area contributed by atoms with Crippen molar-refractivity contribution in [3.63, 3.8) is 0 Å². The molecular weight excluding hydrogens is 420 g/mol. The van der Waals surface area contributed by atoms with Crippen LogP contribution in [0.25, 0.3) is 22.1 Å². The van der Waals surface area contributed by atoms with Crippen LogP contribution in [-0.2, 0) is 4.79 Å². The molecule has 0 amide bonds. The molecule has 1 atom stereocenters. The summed E-state index contributed by atoms with van der Waals surface area (Å²) in [7, 11) is 0. The minimum atomic E-state index is -0.518. The van der Waals surface area contributed by atoms with Crippen molar-refractivity contribution >= 4 is 28.5 Å². The number of phenolic OH excluding ortho intramolecular Hbond substituents is 2. The third-order valence-corrected chi connectivity index (χ3v) is 5.65. The van der Waals surface area contributed by atoms with Crippen molar-refractivity contribution in [2.45, 2.75) is 12.3 Å². The van der Waals surface area contributed by atoms with Gasteiger partial charge in [-0.05, 0) is 35.4 Å². The average molecular weight is 435 g/mol. The van der Waals surface area contributed by atoms with Crippen LogP contribution in [0.15, 0.2) is 70.1 Å². The molecule has 2 N–H and O–H groups in total. The van der Waals surface area contributed by atoms with Crippen molar-refractivity contribution < 1.29 is 24.2 Å². The molecule has 154 valence electrons. The monoisotopic (exact) mass is 434 g/mol. The van der Waals surface area contributed by atoms with Gasteiger partial charge < -0.3 is 19.4 Å². The number of ether oxygens (including phenoxy) is 1. The van der Waals surface area contributed by atoms with Gasteiger partial charge in [0, 0.05) is 22.6 Å². The van der Waals surface area contributed by atoms with E-state index < -0.39 is 17.3 Å². The highest BCUT2D eigenvalue weighted by Gasteiger charge is 2.33. The molecule has 0 spiro atoms. The number of carbonyl (C=O) groups is 1. The van der Waals surface area contributed by atoms with Gasteiger partial charge in [0.15, 0.2) is 0 Å². The summed E-state index contributed by atoms with van der Waals surface area (Å²) in [4.78, 5) is 25.5. The van der Waals surface area contributed by atoms with E-state index in [2.05, 4.69) is 0 Å². The van der Waals surface area contributed by atoms with Crippen molar-refractivity contribution in [3.05, 3.63) is 87.2 Å². The summed E-state index contributed by atoms with van der Waals surface area (Å²) in [6.45, 7) is 0. The van der Waals surface area contributed by atoms with E-state index in [-0.39, 0.29) is 40.2 Å². The number of hydrogen-bond acceptors (Lipinski definition) is 6. The summed E-state index contributed by atoms with van der Waals surface area (Å²) in [5, 5.41) is 21.0. The molecular formula is C24H15ClO6. The van der Waals surface area contributed by atoms with Crippen molar-refractivity contribution in [1.82, 2.24) is 0 Å². The Hall–Kier alpha value is -3.77. The van der Waals surface area contributed by atoms with Gasteiger partial charge in [0.05, 0.1) is 12.0 Å². The van der Waals surface area contributed by atoms with Gasteiger partial charge in [0.2, 0.25) is 5.43 Å². The number of aromatic hydroxyl groups is 2.